The van der Waals surface area contributed by atoms with Crippen LogP contribution in [0.4, 0.5) is 17.6 Å². The summed E-state index contributed by atoms with van der Waals surface area (Å²) in [7, 11) is 1.78. The van der Waals surface area contributed by atoms with E-state index in [0.717, 1.165) is 27.2 Å². The Morgan fingerprint density at radius 1 is 0.906 bits per heavy atom. The third-order valence-corrected chi connectivity index (χ3v) is 5.18. The van der Waals surface area contributed by atoms with Gasteiger partial charge in [0.1, 0.15) is 12.0 Å². The number of halogens is 4. The van der Waals surface area contributed by atoms with Gasteiger partial charge in [0.25, 0.3) is 12.9 Å². The van der Waals surface area contributed by atoms with Gasteiger partial charge in [0.15, 0.2) is 5.82 Å². The van der Waals surface area contributed by atoms with Crippen LogP contribution in [0, 0.1) is 13.8 Å². The number of nitrogens with zero attached hydrogens (tertiary/aromatic N) is 6. The largest absolute Gasteiger partial charge is 0.280 e. The summed E-state index contributed by atoms with van der Waals surface area (Å²) in [5.41, 5.74) is 3.95. The lowest BCUT2D eigenvalue weighted by molar-refractivity contribution is 0.142. The Morgan fingerprint density at radius 2 is 1.62 bits per heavy atom. The van der Waals surface area contributed by atoms with E-state index in [2.05, 4.69) is 20.2 Å². The van der Waals surface area contributed by atoms with Gasteiger partial charge in [-0.2, -0.15) is 10.2 Å². The molecule has 1 aromatic carbocycles. The Hall–Kier alpha value is -3.56. The minimum Gasteiger partial charge on any atom is -0.267 e. The maximum absolute atomic E-state index is 13.3. The van der Waals surface area contributed by atoms with Gasteiger partial charge in [0.05, 0.1) is 22.8 Å². The van der Waals surface area contributed by atoms with E-state index in [1.807, 2.05) is 6.92 Å². The van der Waals surface area contributed by atoms with Crippen LogP contribution in [0.15, 0.2) is 42.7 Å². The molecule has 0 fully saturated rings. The van der Waals surface area contributed by atoms with E-state index >= 15 is 0 Å². The Kier molecular flexibility index (Phi) is 5.77. The average Bonchev–Trinajstić information content (AvgIpc) is 3.28. The van der Waals surface area contributed by atoms with Crippen molar-refractivity contribution in [1.82, 2.24) is 29.5 Å². The maximum atomic E-state index is 13.3. The van der Waals surface area contributed by atoms with Gasteiger partial charge >= 0.3 is 0 Å². The van der Waals surface area contributed by atoms with Gasteiger partial charge in [0, 0.05) is 30.7 Å². The molecule has 3 heterocycles. The first-order valence-electron chi connectivity index (χ1n) is 9.81. The highest BCUT2D eigenvalue weighted by Gasteiger charge is 2.19. The number of hydrogen-bond acceptors (Lipinski definition) is 4. The minimum atomic E-state index is -2.69. The van der Waals surface area contributed by atoms with Crippen molar-refractivity contribution in [3.8, 4) is 17.1 Å². The van der Waals surface area contributed by atoms with E-state index in [1.165, 1.54) is 24.5 Å². The summed E-state index contributed by atoms with van der Waals surface area (Å²) in [4.78, 5) is 8.34. The molecule has 0 aliphatic rings. The zero-order valence-corrected chi connectivity index (χ0v) is 17.6. The number of aryl methyl sites for hydroxylation is 2. The summed E-state index contributed by atoms with van der Waals surface area (Å²) >= 11 is 0. The Balaban J connectivity index is 1.65. The SMILES string of the molecule is Cc1cc(C(F)F)n(-c2cc(Cc3nn(C)c(-c4ccc(C(F)F)cc4)c3C)ncn2)n1. The fourth-order valence-corrected chi connectivity index (χ4v) is 3.67. The number of aromatic nitrogens is 6. The lowest BCUT2D eigenvalue weighted by atomic mass is 10.0. The van der Waals surface area contributed by atoms with Crippen LogP contribution >= 0.6 is 0 Å². The molecule has 0 aliphatic heterocycles. The van der Waals surface area contributed by atoms with Crippen LogP contribution in [0.25, 0.3) is 17.1 Å². The number of hydrogen-bond donors (Lipinski definition) is 0. The highest BCUT2D eigenvalue weighted by Crippen LogP contribution is 2.29. The molecular weight excluding hydrogens is 424 g/mol. The smallest absolute Gasteiger partial charge is 0.267 e. The normalized spacial score (nSPS) is 11.7. The van der Waals surface area contributed by atoms with Crippen molar-refractivity contribution in [2.24, 2.45) is 7.05 Å². The molecular formula is C22H20F4N6. The topological polar surface area (TPSA) is 61.4 Å². The minimum absolute atomic E-state index is 0.0423. The molecule has 0 bridgehead atoms. The molecule has 6 nitrogen and oxygen atoms in total. The lowest BCUT2D eigenvalue weighted by Crippen LogP contribution is -2.07. The van der Waals surface area contributed by atoms with Crippen molar-refractivity contribution in [3.63, 3.8) is 0 Å². The molecule has 0 saturated carbocycles. The maximum Gasteiger partial charge on any atom is 0.280 e. The number of alkyl halides is 4. The van der Waals surface area contributed by atoms with Gasteiger partial charge < -0.3 is 0 Å². The first kappa shape index (κ1) is 21.7. The molecule has 4 aromatic rings. The standard InChI is InChI=1S/C22H20F4N6/c1-12-8-18(22(25)26)32(29-12)19-10-16(27-11-28-19)9-17-13(2)20(31(3)30-17)14-4-6-15(7-5-14)21(23)24/h4-8,10-11,21-22H,9H2,1-3H3. The zero-order chi connectivity index (χ0) is 23.0. The molecule has 0 aliphatic carbocycles. The molecule has 0 saturated heterocycles. The number of benzene rings is 1. The first-order valence-corrected chi connectivity index (χ1v) is 9.81. The predicted octanol–water partition coefficient (Wildman–Crippen LogP) is 5.15. The van der Waals surface area contributed by atoms with E-state index in [0.29, 0.717) is 17.8 Å². The van der Waals surface area contributed by atoms with Crippen LogP contribution in [-0.2, 0) is 13.5 Å². The van der Waals surface area contributed by atoms with E-state index in [1.54, 1.807) is 36.9 Å². The molecule has 0 spiro atoms. The second-order valence-corrected chi connectivity index (χ2v) is 7.43. The summed E-state index contributed by atoms with van der Waals surface area (Å²) in [6.07, 6.45) is -3.57. The van der Waals surface area contributed by atoms with Gasteiger partial charge in [-0.05, 0) is 25.5 Å². The van der Waals surface area contributed by atoms with Gasteiger partial charge in [-0.1, -0.05) is 24.3 Å². The van der Waals surface area contributed by atoms with Crippen LogP contribution in [0.1, 0.15) is 46.8 Å². The average molecular weight is 444 g/mol. The summed E-state index contributed by atoms with van der Waals surface area (Å²) in [5.74, 6) is 0.245. The molecule has 0 radical (unpaired) electrons. The second kappa shape index (κ2) is 8.52. The van der Waals surface area contributed by atoms with Crippen molar-refractivity contribution in [1.29, 1.82) is 0 Å². The third-order valence-electron chi connectivity index (χ3n) is 5.18. The fourth-order valence-electron chi connectivity index (χ4n) is 3.67. The molecule has 4 rings (SSSR count). The Bertz CT molecular complexity index is 1240. The van der Waals surface area contributed by atoms with Crippen LogP contribution in [-0.4, -0.2) is 29.5 Å². The predicted molar refractivity (Wildman–Crippen MR) is 110 cm³/mol. The zero-order valence-electron chi connectivity index (χ0n) is 17.6. The lowest BCUT2D eigenvalue weighted by Gasteiger charge is -2.07. The highest BCUT2D eigenvalue weighted by molar-refractivity contribution is 5.65. The van der Waals surface area contributed by atoms with Crippen LogP contribution in [0.5, 0.6) is 0 Å². The first-order chi connectivity index (χ1) is 15.2. The molecule has 0 atom stereocenters. The monoisotopic (exact) mass is 444 g/mol. The summed E-state index contributed by atoms with van der Waals surface area (Å²) < 4.78 is 55.2. The number of rotatable bonds is 6. The third kappa shape index (κ3) is 4.12. The Labute approximate surface area is 181 Å². The molecule has 166 valence electrons. The van der Waals surface area contributed by atoms with Gasteiger partial charge in [-0.25, -0.2) is 32.2 Å². The molecule has 10 heteroatoms. The van der Waals surface area contributed by atoms with Gasteiger partial charge in [-0.3, -0.25) is 4.68 Å². The summed E-state index contributed by atoms with van der Waals surface area (Å²) in [5, 5.41) is 8.68. The van der Waals surface area contributed by atoms with E-state index < -0.39 is 12.9 Å². The molecule has 0 N–H and O–H groups in total. The van der Waals surface area contributed by atoms with E-state index in [9.17, 15) is 17.6 Å². The quantitative estimate of drug-likeness (QED) is 0.386. The second-order valence-electron chi connectivity index (χ2n) is 7.43. The van der Waals surface area contributed by atoms with Crippen molar-refractivity contribution in [2.75, 3.05) is 0 Å². The van der Waals surface area contributed by atoms with Crippen molar-refractivity contribution in [2.45, 2.75) is 33.1 Å². The summed E-state index contributed by atoms with van der Waals surface area (Å²) in [6.45, 7) is 3.53. The molecule has 3 aromatic heterocycles. The highest BCUT2D eigenvalue weighted by atomic mass is 19.3. The van der Waals surface area contributed by atoms with Crippen molar-refractivity contribution in [3.05, 3.63) is 76.6 Å². The van der Waals surface area contributed by atoms with Crippen molar-refractivity contribution < 1.29 is 17.6 Å². The molecule has 0 unspecified atom stereocenters. The summed E-state index contributed by atoms with van der Waals surface area (Å²) in [6, 6.07) is 9.00. The van der Waals surface area contributed by atoms with E-state index in [-0.39, 0.29) is 17.1 Å². The van der Waals surface area contributed by atoms with Crippen LogP contribution in [0.2, 0.25) is 0 Å². The van der Waals surface area contributed by atoms with Gasteiger partial charge in [-0.15, -0.1) is 0 Å². The fraction of sp³-hybridized carbons (Fsp3) is 0.273. The van der Waals surface area contributed by atoms with Gasteiger partial charge in [0.2, 0.25) is 0 Å². The van der Waals surface area contributed by atoms with Crippen molar-refractivity contribution >= 4 is 0 Å². The van der Waals surface area contributed by atoms with Crippen LogP contribution < -0.4 is 0 Å². The van der Waals surface area contributed by atoms with Crippen LogP contribution in [0.3, 0.4) is 0 Å². The molecule has 32 heavy (non-hydrogen) atoms. The van der Waals surface area contributed by atoms with E-state index in [4.69, 9.17) is 0 Å². The molecule has 0 amide bonds. The Morgan fingerprint density at radius 3 is 2.28 bits per heavy atom.